The van der Waals surface area contributed by atoms with Gasteiger partial charge in [-0.25, -0.2) is 0 Å². The van der Waals surface area contributed by atoms with Crippen LogP contribution in [-0.4, -0.2) is 10.8 Å². The molecule has 0 spiro atoms. The molecule has 2 rings (SSSR count). The van der Waals surface area contributed by atoms with Crippen LogP contribution in [0.4, 0.5) is 0 Å². The van der Waals surface area contributed by atoms with Gasteiger partial charge in [0.25, 0.3) is 0 Å². The van der Waals surface area contributed by atoms with Gasteiger partial charge in [-0.05, 0) is 47.2 Å². The lowest BCUT2D eigenvalue weighted by Gasteiger charge is -2.01. The molecule has 0 saturated carbocycles. The second-order valence-electron chi connectivity index (χ2n) is 3.51. The van der Waals surface area contributed by atoms with E-state index in [1.54, 1.807) is 17.5 Å². The van der Waals surface area contributed by atoms with Crippen LogP contribution in [0.25, 0.3) is 0 Å². The molecule has 16 heavy (non-hydrogen) atoms. The third-order valence-corrected chi connectivity index (χ3v) is 4.12. The van der Waals surface area contributed by atoms with Crippen LogP contribution < -0.4 is 0 Å². The summed E-state index contributed by atoms with van der Waals surface area (Å²) in [5.74, 6) is 0.140. The number of thiophene rings is 1. The topological polar surface area (TPSA) is 30.0 Å². The minimum atomic E-state index is 0.140. The molecule has 0 atom stereocenters. The SMILES string of the molecule is Cc1cccnc1CC(=O)c1csc(I)c1. The summed E-state index contributed by atoms with van der Waals surface area (Å²) in [7, 11) is 0. The molecule has 0 aliphatic heterocycles. The molecule has 82 valence electrons. The lowest BCUT2D eigenvalue weighted by Crippen LogP contribution is -2.05. The van der Waals surface area contributed by atoms with E-state index in [1.165, 1.54) is 0 Å². The van der Waals surface area contributed by atoms with Crippen molar-refractivity contribution in [2.24, 2.45) is 0 Å². The van der Waals surface area contributed by atoms with Crippen LogP contribution in [0, 0.1) is 9.81 Å². The number of hydrogen-bond acceptors (Lipinski definition) is 3. The number of nitrogens with zero attached hydrogens (tertiary/aromatic N) is 1. The maximum Gasteiger partial charge on any atom is 0.169 e. The predicted octanol–water partition coefficient (Wildman–Crippen LogP) is 3.48. The monoisotopic (exact) mass is 343 g/mol. The molecule has 0 radical (unpaired) electrons. The number of aryl methyl sites for hydroxylation is 1. The highest BCUT2D eigenvalue weighted by atomic mass is 127. The number of Topliss-reactive ketones (excluding diaryl/α,β-unsaturated/α-hetero) is 1. The Morgan fingerprint density at radius 2 is 2.38 bits per heavy atom. The molecule has 0 N–H and O–H groups in total. The molecular weight excluding hydrogens is 333 g/mol. The quantitative estimate of drug-likeness (QED) is 0.631. The highest BCUT2D eigenvalue weighted by Crippen LogP contribution is 2.18. The second kappa shape index (κ2) is 5.05. The van der Waals surface area contributed by atoms with Gasteiger partial charge in [-0.1, -0.05) is 6.07 Å². The first kappa shape index (κ1) is 11.7. The minimum Gasteiger partial charge on any atom is -0.294 e. The zero-order chi connectivity index (χ0) is 11.5. The number of aromatic nitrogens is 1. The molecule has 0 aliphatic carbocycles. The van der Waals surface area contributed by atoms with Crippen molar-refractivity contribution in [3.8, 4) is 0 Å². The van der Waals surface area contributed by atoms with Crippen molar-refractivity contribution in [2.45, 2.75) is 13.3 Å². The van der Waals surface area contributed by atoms with Gasteiger partial charge in [0.15, 0.2) is 5.78 Å². The third kappa shape index (κ3) is 2.68. The second-order valence-corrected chi connectivity index (χ2v) is 6.31. The molecule has 0 amide bonds. The van der Waals surface area contributed by atoms with Crippen molar-refractivity contribution >= 4 is 39.7 Å². The molecule has 0 unspecified atom stereocenters. The summed E-state index contributed by atoms with van der Waals surface area (Å²) in [5.41, 5.74) is 2.73. The van der Waals surface area contributed by atoms with E-state index in [0.717, 1.165) is 19.7 Å². The van der Waals surface area contributed by atoms with E-state index in [9.17, 15) is 4.79 Å². The minimum absolute atomic E-state index is 0.140. The normalized spacial score (nSPS) is 10.4. The molecular formula is C12H10INOS. The average molecular weight is 343 g/mol. The van der Waals surface area contributed by atoms with Crippen LogP contribution in [0.2, 0.25) is 0 Å². The van der Waals surface area contributed by atoms with Gasteiger partial charge in [-0.3, -0.25) is 9.78 Å². The molecule has 0 bridgehead atoms. The number of carbonyl (C=O) groups is 1. The number of hydrogen-bond donors (Lipinski definition) is 0. The van der Waals surface area contributed by atoms with E-state index in [2.05, 4.69) is 27.6 Å². The summed E-state index contributed by atoms with van der Waals surface area (Å²) in [6.45, 7) is 1.98. The van der Waals surface area contributed by atoms with E-state index < -0.39 is 0 Å². The zero-order valence-electron chi connectivity index (χ0n) is 8.74. The molecule has 0 aromatic carbocycles. The van der Waals surface area contributed by atoms with E-state index >= 15 is 0 Å². The highest BCUT2D eigenvalue weighted by molar-refractivity contribution is 14.1. The summed E-state index contributed by atoms with van der Waals surface area (Å²) >= 11 is 3.82. The summed E-state index contributed by atoms with van der Waals surface area (Å²) in [6.07, 6.45) is 2.12. The molecule has 0 aliphatic rings. The van der Waals surface area contributed by atoms with Gasteiger partial charge in [-0.15, -0.1) is 11.3 Å². The van der Waals surface area contributed by atoms with Crippen molar-refractivity contribution in [2.75, 3.05) is 0 Å². The third-order valence-electron chi connectivity index (χ3n) is 2.34. The Labute approximate surface area is 112 Å². The maximum atomic E-state index is 11.9. The summed E-state index contributed by atoms with van der Waals surface area (Å²) < 4.78 is 1.14. The molecule has 2 aromatic rings. The first-order valence-corrected chi connectivity index (χ1v) is 6.80. The maximum absolute atomic E-state index is 11.9. The average Bonchev–Trinajstić information content (AvgIpc) is 2.68. The van der Waals surface area contributed by atoms with Crippen molar-refractivity contribution < 1.29 is 4.79 Å². The van der Waals surface area contributed by atoms with Gasteiger partial charge in [0, 0.05) is 17.1 Å². The molecule has 2 nitrogen and oxygen atoms in total. The first-order chi connectivity index (χ1) is 7.66. The Morgan fingerprint density at radius 3 is 3.00 bits per heavy atom. The molecule has 2 aromatic heterocycles. The number of carbonyl (C=O) groups excluding carboxylic acids is 1. The fourth-order valence-corrected chi connectivity index (χ4v) is 2.76. The summed E-state index contributed by atoms with van der Waals surface area (Å²) in [5, 5.41) is 1.91. The summed E-state index contributed by atoms with van der Waals surface area (Å²) in [6, 6.07) is 5.79. The molecule has 0 saturated heterocycles. The van der Waals surface area contributed by atoms with Gasteiger partial charge < -0.3 is 0 Å². The highest BCUT2D eigenvalue weighted by Gasteiger charge is 2.11. The standard InChI is InChI=1S/C12H10INOS/c1-8-3-2-4-14-10(8)6-11(15)9-5-12(13)16-7-9/h2-5,7H,6H2,1H3. The number of ketones is 1. The van der Waals surface area contributed by atoms with E-state index in [4.69, 9.17) is 0 Å². The number of rotatable bonds is 3. The number of halogens is 1. The van der Waals surface area contributed by atoms with Crippen LogP contribution in [0.5, 0.6) is 0 Å². The van der Waals surface area contributed by atoms with Crippen LogP contribution in [0.15, 0.2) is 29.8 Å². The fraction of sp³-hybridized carbons (Fsp3) is 0.167. The Balaban J connectivity index is 2.17. The van der Waals surface area contributed by atoms with Gasteiger partial charge in [0.2, 0.25) is 0 Å². The first-order valence-electron chi connectivity index (χ1n) is 4.84. The molecule has 0 fully saturated rings. The Morgan fingerprint density at radius 1 is 1.56 bits per heavy atom. The van der Waals surface area contributed by atoms with Crippen LogP contribution >= 0.6 is 33.9 Å². The van der Waals surface area contributed by atoms with Gasteiger partial charge in [0.1, 0.15) is 0 Å². The largest absolute Gasteiger partial charge is 0.294 e. The Kier molecular flexibility index (Phi) is 3.70. The van der Waals surface area contributed by atoms with Crippen LogP contribution in [0.3, 0.4) is 0 Å². The van der Waals surface area contributed by atoms with Crippen molar-refractivity contribution in [1.82, 2.24) is 4.98 Å². The van der Waals surface area contributed by atoms with E-state index in [-0.39, 0.29) is 5.78 Å². The number of pyridine rings is 1. The van der Waals surface area contributed by atoms with Crippen molar-refractivity contribution in [3.05, 3.63) is 49.5 Å². The Hall–Kier alpha value is -0.750. The van der Waals surface area contributed by atoms with Crippen molar-refractivity contribution in [1.29, 1.82) is 0 Å². The van der Waals surface area contributed by atoms with E-state index in [1.807, 2.05) is 30.5 Å². The summed E-state index contributed by atoms with van der Waals surface area (Å²) in [4.78, 5) is 16.2. The lowest BCUT2D eigenvalue weighted by molar-refractivity contribution is 0.0992. The van der Waals surface area contributed by atoms with Gasteiger partial charge in [0.05, 0.1) is 15.0 Å². The molecule has 4 heteroatoms. The Bertz CT molecular complexity index is 521. The molecule has 2 heterocycles. The van der Waals surface area contributed by atoms with Gasteiger partial charge in [-0.2, -0.15) is 0 Å². The predicted molar refractivity (Wildman–Crippen MR) is 74.0 cm³/mol. The van der Waals surface area contributed by atoms with Crippen molar-refractivity contribution in [3.63, 3.8) is 0 Å². The van der Waals surface area contributed by atoms with Crippen LogP contribution in [0.1, 0.15) is 21.6 Å². The zero-order valence-corrected chi connectivity index (χ0v) is 11.7. The van der Waals surface area contributed by atoms with E-state index in [0.29, 0.717) is 6.42 Å². The fourth-order valence-electron chi connectivity index (χ4n) is 1.41. The smallest absolute Gasteiger partial charge is 0.169 e. The van der Waals surface area contributed by atoms with Crippen LogP contribution in [-0.2, 0) is 6.42 Å². The lowest BCUT2D eigenvalue weighted by atomic mass is 10.1. The van der Waals surface area contributed by atoms with Gasteiger partial charge >= 0.3 is 0 Å².